The Bertz CT molecular complexity index is 309. The van der Waals surface area contributed by atoms with Crippen molar-refractivity contribution in [3.63, 3.8) is 0 Å². The second-order valence-corrected chi connectivity index (χ2v) is 4.02. The Morgan fingerprint density at radius 1 is 1.67 bits per heavy atom. The van der Waals surface area contributed by atoms with E-state index in [-0.39, 0.29) is 5.91 Å². The van der Waals surface area contributed by atoms with Gasteiger partial charge in [0.1, 0.15) is 5.70 Å². The molecule has 0 aromatic heterocycles. The Morgan fingerprint density at radius 3 is 3.13 bits per heavy atom. The van der Waals surface area contributed by atoms with Gasteiger partial charge in [-0.25, -0.2) is 0 Å². The fourth-order valence-electron chi connectivity index (χ4n) is 2.00. The number of hydrogen-bond acceptors (Lipinski definition) is 3. The molecule has 0 radical (unpaired) electrons. The van der Waals surface area contributed by atoms with E-state index in [9.17, 15) is 4.79 Å². The molecule has 0 aromatic carbocycles. The van der Waals surface area contributed by atoms with E-state index < -0.39 is 0 Å². The summed E-state index contributed by atoms with van der Waals surface area (Å²) in [5.74, 6) is 0.782. The zero-order valence-electron chi connectivity index (χ0n) is 8.99. The van der Waals surface area contributed by atoms with Crippen molar-refractivity contribution >= 4 is 5.91 Å². The van der Waals surface area contributed by atoms with E-state index in [0.717, 1.165) is 25.9 Å². The van der Waals surface area contributed by atoms with Gasteiger partial charge >= 0.3 is 0 Å². The molecule has 2 aliphatic heterocycles. The summed E-state index contributed by atoms with van der Waals surface area (Å²) >= 11 is 0. The molecule has 4 nitrogen and oxygen atoms in total. The maximum absolute atomic E-state index is 12.0. The fraction of sp³-hybridized carbons (Fsp3) is 0.545. The van der Waals surface area contributed by atoms with E-state index in [4.69, 9.17) is 0 Å². The van der Waals surface area contributed by atoms with E-state index in [1.54, 1.807) is 12.3 Å². The first-order valence-electron chi connectivity index (χ1n) is 5.49. The van der Waals surface area contributed by atoms with Crippen LogP contribution in [0.25, 0.3) is 0 Å². The number of hydrogen-bond donors (Lipinski definition) is 2. The molecule has 2 N–H and O–H groups in total. The zero-order valence-corrected chi connectivity index (χ0v) is 8.99. The number of carbonyl (C=O) groups excluding carboxylic acids is 1. The third kappa shape index (κ3) is 2.14. The summed E-state index contributed by atoms with van der Waals surface area (Å²) in [6.45, 7) is 3.97. The molecular weight excluding hydrogens is 190 g/mol. The number of hydrazine groups is 1. The van der Waals surface area contributed by atoms with Crippen LogP contribution >= 0.6 is 0 Å². The highest BCUT2D eigenvalue weighted by molar-refractivity contribution is 5.93. The molecule has 2 aliphatic rings. The van der Waals surface area contributed by atoms with Crippen molar-refractivity contribution in [1.29, 1.82) is 0 Å². The Labute approximate surface area is 90.0 Å². The second kappa shape index (κ2) is 4.38. The van der Waals surface area contributed by atoms with Gasteiger partial charge in [0.05, 0.1) is 0 Å². The molecule has 2 heterocycles. The van der Waals surface area contributed by atoms with Crippen molar-refractivity contribution in [3.05, 3.63) is 24.0 Å². The van der Waals surface area contributed by atoms with Crippen LogP contribution in [0.15, 0.2) is 24.0 Å². The van der Waals surface area contributed by atoms with Crippen molar-refractivity contribution in [1.82, 2.24) is 15.8 Å². The summed E-state index contributed by atoms with van der Waals surface area (Å²) in [5, 5.41) is 0. The number of carbonyl (C=O) groups is 1. The summed E-state index contributed by atoms with van der Waals surface area (Å²) in [6, 6.07) is 0. The molecule has 1 atom stereocenters. The molecule has 1 amide bonds. The van der Waals surface area contributed by atoms with Gasteiger partial charge in [-0.05, 0) is 24.5 Å². The summed E-state index contributed by atoms with van der Waals surface area (Å²) < 4.78 is 0. The summed E-state index contributed by atoms with van der Waals surface area (Å²) in [7, 11) is 0. The van der Waals surface area contributed by atoms with Gasteiger partial charge in [-0.15, -0.1) is 0 Å². The van der Waals surface area contributed by atoms with Crippen LogP contribution in [0.1, 0.15) is 19.8 Å². The van der Waals surface area contributed by atoms with Crippen LogP contribution in [0, 0.1) is 5.92 Å². The predicted molar refractivity (Wildman–Crippen MR) is 58.5 cm³/mol. The van der Waals surface area contributed by atoms with Crippen LogP contribution < -0.4 is 10.9 Å². The van der Waals surface area contributed by atoms with Crippen LogP contribution in [0.2, 0.25) is 0 Å². The lowest BCUT2D eigenvalue weighted by atomic mass is 10.1. The van der Waals surface area contributed by atoms with Gasteiger partial charge in [-0.1, -0.05) is 13.3 Å². The maximum atomic E-state index is 12.0. The lowest BCUT2D eigenvalue weighted by molar-refractivity contribution is -0.126. The van der Waals surface area contributed by atoms with Gasteiger partial charge in [0, 0.05) is 19.3 Å². The number of amides is 1. The third-order valence-corrected chi connectivity index (χ3v) is 3.03. The second-order valence-electron chi connectivity index (χ2n) is 4.02. The molecule has 0 aromatic rings. The van der Waals surface area contributed by atoms with E-state index in [2.05, 4.69) is 17.8 Å². The topological polar surface area (TPSA) is 44.4 Å². The van der Waals surface area contributed by atoms with Gasteiger partial charge in [-0.2, -0.15) is 0 Å². The zero-order chi connectivity index (χ0) is 10.7. The van der Waals surface area contributed by atoms with E-state index >= 15 is 0 Å². The third-order valence-electron chi connectivity index (χ3n) is 3.03. The molecule has 0 spiro atoms. The van der Waals surface area contributed by atoms with Gasteiger partial charge < -0.3 is 10.3 Å². The van der Waals surface area contributed by atoms with Crippen molar-refractivity contribution in [2.45, 2.75) is 19.8 Å². The lowest BCUT2D eigenvalue weighted by Crippen LogP contribution is -2.39. The SMILES string of the molecule is CC[C@@H]1CCN(C(=O)C2=CC=CNN2)C1. The number of nitrogens with zero attached hydrogens (tertiary/aromatic N) is 1. The lowest BCUT2D eigenvalue weighted by Gasteiger charge is -2.20. The standard InChI is InChI=1S/C11H17N3O/c1-2-9-5-7-14(8-9)11(15)10-4-3-6-12-13-10/h3-4,6,9,12-13H,2,5,7-8H2,1H3/t9-/m1/s1. The predicted octanol–water partition coefficient (Wildman–Crippen LogP) is 0.750. The summed E-state index contributed by atoms with van der Waals surface area (Å²) in [6.07, 6.45) is 7.69. The van der Waals surface area contributed by atoms with E-state index in [0.29, 0.717) is 11.6 Å². The first-order valence-corrected chi connectivity index (χ1v) is 5.49. The monoisotopic (exact) mass is 207 g/mol. The fourth-order valence-corrected chi connectivity index (χ4v) is 2.00. The summed E-state index contributed by atoms with van der Waals surface area (Å²) in [4.78, 5) is 13.9. The number of allylic oxidation sites excluding steroid dienone is 2. The van der Waals surface area contributed by atoms with Crippen LogP contribution in [0.3, 0.4) is 0 Å². The molecule has 15 heavy (non-hydrogen) atoms. The van der Waals surface area contributed by atoms with Crippen molar-refractivity contribution < 1.29 is 4.79 Å². The van der Waals surface area contributed by atoms with Crippen LogP contribution in [-0.2, 0) is 4.79 Å². The largest absolute Gasteiger partial charge is 0.337 e. The molecule has 0 saturated carbocycles. The normalized spacial score (nSPS) is 24.5. The Kier molecular flexibility index (Phi) is 2.94. The smallest absolute Gasteiger partial charge is 0.271 e. The highest BCUT2D eigenvalue weighted by Gasteiger charge is 2.26. The molecule has 4 heteroatoms. The number of rotatable bonds is 2. The highest BCUT2D eigenvalue weighted by Crippen LogP contribution is 2.20. The van der Waals surface area contributed by atoms with Gasteiger partial charge in [0.2, 0.25) is 0 Å². The van der Waals surface area contributed by atoms with Gasteiger partial charge in [0.25, 0.3) is 5.91 Å². The average molecular weight is 207 g/mol. The molecular formula is C11H17N3O. The molecule has 2 rings (SSSR count). The summed E-state index contributed by atoms with van der Waals surface area (Å²) in [5.41, 5.74) is 6.31. The van der Waals surface area contributed by atoms with Crippen LogP contribution in [-0.4, -0.2) is 23.9 Å². The minimum absolute atomic E-state index is 0.0998. The average Bonchev–Trinajstić information content (AvgIpc) is 2.78. The minimum Gasteiger partial charge on any atom is -0.337 e. The maximum Gasteiger partial charge on any atom is 0.271 e. The Morgan fingerprint density at radius 2 is 2.53 bits per heavy atom. The highest BCUT2D eigenvalue weighted by atomic mass is 16.2. The molecule has 1 fully saturated rings. The van der Waals surface area contributed by atoms with E-state index in [1.165, 1.54) is 0 Å². The van der Waals surface area contributed by atoms with Crippen molar-refractivity contribution in [2.75, 3.05) is 13.1 Å². The van der Waals surface area contributed by atoms with Crippen LogP contribution in [0.5, 0.6) is 0 Å². The number of likely N-dealkylation sites (tertiary alicyclic amines) is 1. The molecule has 82 valence electrons. The van der Waals surface area contributed by atoms with Crippen LogP contribution in [0.4, 0.5) is 0 Å². The quantitative estimate of drug-likeness (QED) is 0.702. The Hall–Kier alpha value is -1.45. The minimum atomic E-state index is 0.0998. The van der Waals surface area contributed by atoms with Crippen molar-refractivity contribution in [3.8, 4) is 0 Å². The van der Waals surface area contributed by atoms with Gasteiger partial charge in [-0.3, -0.25) is 10.2 Å². The molecule has 0 unspecified atom stereocenters. The van der Waals surface area contributed by atoms with Gasteiger partial charge in [0.15, 0.2) is 0 Å². The first kappa shape index (κ1) is 10.1. The van der Waals surface area contributed by atoms with Crippen molar-refractivity contribution in [2.24, 2.45) is 5.92 Å². The Balaban J connectivity index is 1.97. The molecule has 1 saturated heterocycles. The number of nitrogens with one attached hydrogen (secondary N) is 2. The molecule has 0 bridgehead atoms. The molecule has 0 aliphatic carbocycles. The first-order chi connectivity index (χ1) is 7.31. The van der Waals surface area contributed by atoms with E-state index in [1.807, 2.05) is 11.0 Å².